The second kappa shape index (κ2) is 2.12. The van der Waals surface area contributed by atoms with Gasteiger partial charge < -0.3 is 0 Å². The number of hydrogen-bond donors (Lipinski definition) is 1. The van der Waals surface area contributed by atoms with Crippen molar-refractivity contribution >= 4 is 11.8 Å². The van der Waals surface area contributed by atoms with E-state index in [1.165, 1.54) is 0 Å². The summed E-state index contributed by atoms with van der Waals surface area (Å²) in [5.74, 6) is -0.357. The van der Waals surface area contributed by atoms with Crippen molar-refractivity contribution in [3.05, 3.63) is 0 Å². The number of carbonyl (C=O) groups is 2. The van der Waals surface area contributed by atoms with Crippen LogP contribution in [-0.4, -0.2) is 22.1 Å². The first-order valence-electron chi connectivity index (χ1n) is 4.77. The molecule has 0 aromatic heterocycles. The third-order valence-electron chi connectivity index (χ3n) is 3.90. The zero-order chi connectivity index (χ0) is 9.16. The van der Waals surface area contributed by atoms with Gasteiger partial charge in [-0.1, -0.05) is 0 Å². The topological polar surface area (TPSA) is 57.6 Å². The number of amides is 2. The van der Waals surface area contributed by atoms with Crippen molar-refractivity contribution in [1.82, 2.24) is 5.06 Å². The quantitative estimate of drug-likeness (QED) is 0.435. The fraction of sp³-hybridized carbons (Fsp3) is 0.778. The van der Waals surface area contributed by atoms with Crippen molar-refractivity contribution in [3.63, 3.8) is 0 Å². The lowest BCUT2D eigenvalue weighted by Crippen LogP contribution is -2.29. The molecule has 70 valence electrons. The summed E-state index contributed by atoms with van der Waals surface area (Å²) in [6.45, 7) is 0. The van der Waals surface area contributed by atoms with Crippen LogP contribution in [0.2, 0.25) is 0 Å². The fourth-order valence-corrected chi connectivity index (χ4v) is 3.39. The number of fused-ring (bicyclic) bond motifs is 5. The van der Waals surface area contributed by atoms with E-state index in [9.17, 15) is 9.59 Å². The molecule has 0 spiro atoms. The Balaban J connectivity index is 2.03. The monoisotopic (exact) mass is 181 g/mol. The Morgan fingerprint density at radius 3 is 2.00 bits per heavy atom. The highest BCUT2D eigenvalue weighted by Gasteiger charge is 2.60. The maximum atomic E-state index is 11.4. The summed E-state index contributed by atoms with van der Waals surface area (Å²) in [6, 6.07) is 0. The Morgan fingerprint density at radius 1 is 1.08 bits per heavy atom. The molecule has 2 amide bonds. The normalized spacial score (nSPS) is 47.6. The molecule has 4 heteroatoms. The molecule has 13 heavy (non-hydrogen) atoms. The summed E-state index contributed by atoms with van der Waals surface area (Å²) >= 11 is 0. The van der Waals surface area contributed by atoms with Gasteiger partial charge in [0.1, 0.15) is 0 Å². The molecule has 1 heterocycles. The molecule has 3 aliphatic rings. The molecule has 3 rings (SSSR count). The fourth-order valence-electron chi connectivity index (χ4n) is 3.39. The first-order valence-corrected chi connectivity index (χ1v) is 4.77. The molecule has 0 radical (unpaired) electrons. The second-order valence-corrected chi connectivity index (χ2v) is 4.37. The number of rotatable bonds is 0. The zero-order valence-corrected chi connectivity index (χ0v) is 7.14. The van der Waals surface area contributed by atoms with Crippen molar-refractivity contribution in [1.29, 1.82) is 0 Å². The van der Waals surface area contributed by atoms with Gasteiger partial charge in [-0.25, -0.2) is 0 Å². The second-order valence-electron chi connectivity index (χ2n) is 4.37. The molecule has 0 unspecified atom stereocenters. The highest BCUT2D eigenvalue weighted by atomic mass is 16.5. The molecule has 3 fully saturated rings. The molecule has 1 N–H and O–H groups in total. The highest BCUT2D eigenvalue weighted by Crippen LogP contribution is 2.55. The van der Waals surface area contributed by atoms with Crippen LogP contribution in [0.5, 0.6) is 0 Å². The van der Waals surface area contributed by atoms with E-state index in [0.29, 0.717) is 16.9 Å². The summed E-state index contributed by atoms with van der Waals surface area (Å²) in [5, 5.41) is 9.52. The first kappa shape index (κ1) is 7.50. The minimum absolute atomic E-state index is 0.184. The van der Waals surface area contributed by atoms with Crippen molar-refractivity contribution in [2.75, 3.05) is 0 Å². The zero-order valence-electron chi connectivity index (χ0n) is 7.14. The van der Waals surface area contributed by atoms with Crippen LogP contribution in [0.25, 0.3) is 0 Å². The van der Waals surface area contributed by atoms with Gasteiger partial charge in [-0.15, -0.1) is 0 Å². The van der Waals surface area contributed by atoms with Crippen molar-refractivity contribution in [2.45, 2.75) is 19.3 Å². The largest absolute Gasteiger partial charge is 0.278 e. The van der Waals surface area contributed by atoms with Crippen molar-refractivity contribution in [3.8, 4) is 0 Å². The predicted molar refractivity (Wildman–Crippen MR) is 41.5 cm³/mol. The smallest absolute Gasteiger partial charge is 0.257 e. The molecule has 2 aliphatic carbocycles. The Bertz CT molecular complexity index is 273. The number of nitrogens with zero attached hydrogens (tertiary/aromatic N) is 1. The van der Waals surface area contributed by atoms with Crippen LogP contribution in [0, 0.1) is 23.7 Å². The number of imide groups is 1. The Morgan fingerprint density at radius 2 is 1.54 bits per heavy atom. The van der Waals surface area contributed by atoms with Crippen LogP contribution in [0.1, 0.15) is 19.3 Å². The van der Waals surface area contributed by atoms with Gasteiger partial charge in [0.25, 0.3) is 11.8 Å². The maximum absolute atomic E-state index is 11.4. The van der Waals surface area contributed by atoms with Gasteiger partial charge >= 0.3 is 0 Å². The van der Waals surface area contributed by atoms with Crippen LogP contribution < -0.4 is 0 Å². The number of hydrogen-bond acceptors (Lipinski definition) is 3. The first-order chi connectivity index (χ1) is 6.20. The molecule has 2 bridgehead atoms. The lowest BCUT2D eigenvalue weighted by Gasteiger charge is -2.18. The Hall–Kier alpha value is -0.900. The molecule has 4 atom stereocenters. The molecule has 4 nitrogen and oxygen atoms in total. The molecule has 0 aromatic carbocycles. The van der Waals surface area contributed by atoms with Crippen LogP contribution in [0.3, 0.4) is 0 Å². The minimum atomic E-state index is -0.359. The highest BCUT2D eigenvalue weighted by molar-refractivity contribution is 6.04. The molecular formula is C9H11NO3. The third-order valence-corrected chi connectivity index (χ3v) is 3.90. The lowest BCUT2D eigenvalue weighted by atomic mass is 9.81. The van der Waals surface area contributed by atoms with Gasteiger partial charge in [0.2, 0.25) is 0 Å². The maximum Gasteiger partial charge on any atom is 0.257 e. The summed E-state index contributed by atoms with van der Waals surface area (Å²) in [5.41, 5.74) is 0. The molecule has 1 aliphatic heterocycles. The molecule has 0 aromatic rings. The Kier molecular flexibility index (Phi) is 1.22. The molecule has 2 saturated carbocycles. The van der Waals surface area contributed by atoms with Gasteiger partial charge in [-0.2, -0.15) is 5.06 Å². The summed E-state index contributed by atoms with van der Waals surface area (Å²) in [4.78, 5) is 22.9. The van der Waals surface area contributed by atoms with Crippen LogP contribution in [-0.2, 0) is 9.59 Å². The molecular weight excluding hydrogens is 170 g/mol. The van der Waals surface area contributed by atoms with Crippen LogP contribution >= 0.6 is 0 Å². The van der Waals surface area contributed by atoms with Gasteiger partial charge in [0.05, 0.1) is 11.8 Å². The summed E-state index contributed by atoms with van der Waals surface area (Å²) in [7, 11) is 0. The lowest BCUT2D eigenvalue weighted by molar-refractivity contribution is -0.174. The average molecular weight is 181 g/mol. The Labute approximate surface area is 75.5 Å². The third kappa shape index (κ3) is 0.705. The number of carbonyl (C=O) groups excluding carboxylic acids is 2. The van der Waals surface area contributed by atoms with E-state index >= 15 is 0 Å². The summed E-state index contributed by atoms with van der Waals surface area (Å²) < 4.78 is 0. The van der Waals surface area contributed by atoms with E-state index in [1.54, 1.807) is 0 Å². The van der Waals surface area contributed by atoms with E-state index in [4.69, 9.17) is 5.21 Å². The van der Waals surface area contributed by atoms with E-state index in [1.807, 2.05) is 0 Å². The van der Waals surface area contributed by atoms with Crippen molar-refractivity contribution in [2.24, 2.45) is 23.7 Å². The standard InChI is InChI=1S/C9H11NO3/c11-8-6-4-1-2-5(3-4)7(6)9(12)10(8)13/h4-7,13H,1-3H2/t4-,5+,6-,7-/m1/s1. The van der Waals surface area contributed by atoms with Crippen molar-refractivity contribution < 1.29 is 14.8 Å². The van der Waals surface area contributed by atoms with Crippen LogP contribution in [0.4, 0.5) is 0 Å². The predicted octanol–water partition coefficient (Wildman–Crippen LogP) is 0.407. The van der Waals surface area contributed by atoms with E-state index < -0.39 is 0 Å². The van der Waals surface area contributed by atoms with Gasteiger partial charge in [0.15, 0.2) is 0 Å². The SMILES string of the molecule is O=C1[C@@H]2[C@@H]3CC[C@@H](C3)[C@H]2C(=O)N1O. The van der Waals surface area contributed by atoms with E-state index in [-0.39, 0.29) is 23.7 Å². The summed E-state index contributed by atoms with van der Waals surface area (Å²) in [6.07, 6.45) is 3.12. The van der Waals surface area contributed by atoms with Crippen LogP contribution in [0.15, 0.2) is 0 Å². The molecule has 1 saturated heterocycles. The van der Waals surface area contributed by atoms with Gasteiger partial charge in [0, 0.05) is 0 Å². The average Bonchev–Trinajstić information content (AvgIpc) is 2.76. The van der Waals surface area contributed by atoms with Gasteiger partial charge in [-0.05, 0) is 31.1 Å². The van der Waals surface area contributed by atoms with E-state index in [0.717, 1.165) is 19.3 Å². The van der Waals surface area contributed by atoms with E-state index in [2.05, 4.69) is 0 Å². The van der Waals surface area contributed by atoms with Gasteiger partial charge in [-0.3, -0.25) is 14.8 Å². The minimum Gasteiger partial charge on any atom is -0.278 e. The number of hydroxylamine groups is 2.